The second-order valence-electron chi connectivity index (χ2n) is 4.80. The molecule has 1 amide bonds. The lowest BCUT2D eigenvalue weighted by molar-refractivity contribution is -0.144. The topological polar surface area (TPSA) is 46.6 Å². The lowest BCUT2D eigenvalue weighted by Gasteiger charge is -2.21. The summed E-state index contributed by atoms with van der Waals surface area (Å²) in [6, 6.07) is 2.11. The van der Waals surface area contributed by atoms with Crippen molar-refractivity contribution in [2.24, 2.45) is 0 Å². The normalized spacial score (nSPS) is 14.3. The zero-order valence-electron chi connectivity index (χ0n) is 11.6. The van der Waals surface area contributed by atoms with Crippen LogP contribution >= 0.6 is 11.3 Å². The van der Waals surface area contributed by atoms with Crippen LogP contribution in [0.2, 0.25) is 0 Å². The van der Waals surface area contributed by atoms with E-state index in [9.17, 15) is 9.59 Å². The summed E-state index contributed by atoms with van der Waals surface area (Å²) >= 11 is 1.61. The average Bonchev–Trinajstić information content (AvgIpc) is 3.11. The Kier molecular flexibility index (Phi) is 4.24. The molecule has 1 aliphatic carbocycles. The minimum absolute atomic E-state index is 0.0441. The van der Waals surface area contributed by atoms with Crippen LogP contribution < -0.4 is 0 Å². The first-order valence-corrected chi connectivity index (χ1v) is 7.38. The number of hydrogen-bond acceptors (Lipinski definition) is 4. The fraction of sp³-hybridized carbons (Fsp3) is 0.571. The summed E-state index contributed by atoms with van der Waals surface area (Å²) < 4.78 is 4.94. The Morgan fingerprint density at radius 1 is 1.42 bits per heavy atom. The molecule has 1 saturated carbocycles. The third-order valence-corrected chi connectivity index (χ3v) is 4.09. The van der Waals surface area contributed by atoms with Gasteiger partial charge in [-0.05, 0) is 39.7 Å². The maximum Gasteiger partial charge on any atom is 0.325 e. The van der Waals surface area contributed by atoms with Crippen LogP contribution in [0.4, 0.5) is 0 Å². The van der Waals surface area contributed by atoms with Crippen molar-refractivity contribution in [2.75, 3.05) is 13.2 Å². The summed E-state index contributed by atoms with van der Waals surface area (Å²) in [7, 11) is 0. The third kappa shape index (κ3) is 3.35. The minimum Gasteiger partial charge on any atom is -0.465 e. The van der Waals surface area contributed by atoms with Gasteiger partial charge >= 0.3 is 5.97 Å². The van der Waals surface area contributed by atoms with Crippen LogP contribution in [0.3, 0.4) is 0 Å². The predicted octanol–water partition coefficient (Wildman–Crippen LogP) is 2.53. The van der Waals surface area contributed by atoms with Gasteiger partial charge in [0.15, 0.2) is 0 Å². The van der Waals surface area contributed by atoms with Gasteiger partial charge in [-0.25, -0.2) is 0 Å². The van der Waals surface area contributed by atoms with Gasteiger partial charge in [0.1, 0.15) is 6.54 Å². The fourth-order valence-corrected chi connectivity index (χ4v) is 3.01. The van der Waals surface area contributed by atoms with Gasteiger partial charge in [0, 0.05) is 15.8 Å². The largest absolute Gasteiger partial charge is 0.465 e. The summed E-state index contributed by atoms with van der Waals surface area (Å²) in [5.41, 5.74) is 0.721. The van der Waals surface area contributed by atoms with Crippen LogP contribution in [0.1, 0.15) is 39.9 Å². The number of esters is 1. The Morgan fingerprint density at radius 3 is 2.58 bits per heavy atom. The van der Waals surface area contributed by atoms with E-state index < -0.39 is 0 Å². The number of rotatable bonds is 5. The van der Waals surface area contributed by atoms with Gasteiger partial charge in [-0.3, -0.25) is 9.59 Å². The Hall–Kier alpha value is -1.36. The first kappa shape index (κ1) is 14.1. The van der Waals surface area contributed by atoms with Crippen molar-refractivity contribution in [3.05, 3.63) is 21.4 Å². The lowest BCUT2D eigenvalue weighted by atomic mass is 10.2. The Balaban J connectivity index is 2.13. The quantitative estimate of drug-likeness (QED) is 0.779. The molecule has 19 heavy (non-hydrogen) atoms. The summed E-state index contributed by atoms with van der Waals surface area (Å²) in [4.78, 5) is 27.9. The number of carbonyl (C=O) groups excluding carboxylic acids is 2. The molecule has 0 saturated heterocycles. The molecular weight excluding hydrogens is 262 g/mol. The number of ether oxygens (including phenoxy) is 1. The first-order valence-electron chi connectivity index (χ1n) is 6.56. The molecule has 0 atom stereocenters. The first-order chi connectivity index (χ1) is 9.02. The zero-order valence-corrected chi connectivity index (χ0v) is 12.4. The Bertz CT molecular complexity index is 491. The van der Waals surface area contributed by atoms with Crippen LogP contribution in [0, 0.1) is 13.8 Å². The van der Waals surface area contributed by atoms with Crippen molar-refractivity contribution < 1.29 is 14.3 Å². The molecule has 104 valence electrons. The van der Waals surface area contributed by atoms with Crippen LogP contribution in [-0.2, 0) is 9.53 Å². The van der Waals surface area contributed by atoms with E-state index >= 15 is 0 Å². The van der Waals surface area contributed by atoms with Gasteiger partial charge in [-0.1, -0.05) is 0 Å². The van der Waals surface area contributed by atoms with Gasteiger partial charge in [0.25, 0.3) is 5.91 Å². The van der Waals surface area contributed by atoms with Gasteiger partial charge in [0.2, 0.25) is 0 Å². The SMILES string of the molecule is CCOC(=O)CN(C(=O)c1cc(C)sc1C)C1CC1. The molecular formula is C14H19NO3S. The standard InChI is InChI=1S/C14H19NO3S/c1-4-18-13(16)8-15(11-5-6-11)14(17)12-7-9(2)19-10(12)3/h7,11H,4-6,8H2,1-3H3. The van der Waals surface area contributed by atoms with Crippen LogP contribution in [0.15, 0.2) is 6.07 Å². The molecule has 1 fully saturated rings. The van der Waals surface area contributed by atoms with Gasteiger partial charge in [-0.2, -0.15) is 0 Å². The van der Waals surface area contributed by atoms with Crippen LogP contribution in [0.5, 0.6) is 0 Å². The second-order valence-corrected chi connectivity index (χ2v) is 6.26. The van der Waals surface area contributed by atoms with E-state index in [2.05, 4.69) is 0 Å². The highest BCUT2D eigenvalue weighted by Gasteiger charge is 2.35. The number of thiophene rings is 1. The van der Waals surface area contributed by atoms with Crippen molar-refractivity contribution >= 4 is 23.2 Å². The Morgan fingerprint density at radius 2 is 2.11 bits per heavy atom. The molecule has 0 spiro atoms. The van der Waals surface area contributed by atoms with Gasteiger partial charge < -0.3 is 9.64 Å². The molecule has 4 nitrogen and oxygen atoms in total. The third-order valence-electron chi connectivity index (χ3n) is 3.12. The average molecular weight is 281 g/mol. The fourth-order valence-electron chi connectivity index (χ4n) is 2.10. The van der Waals surface area contributed by atoms with E-state index in [1.165, 1.54) is 0 Å². The van der Waals surface area contributed by atoms with E-state index in [-0.39, 0.29) is 24.5 Å². The second kappa shape index (κ2) is 5.74. The lowest BCUT2D eigenvalue weighted by Crippen LogP contribution is -2.38. The summed E-state index contributed by atoms with van der Waals surface area (Å²) in [6.45, 7) is 6.11. The van der Waals surface area contributed by atoms with Crippen LogP contribution in [-0.4, -0.2) is 36.0 Å². The molecule has 1 aromatic heterocycles. The van der Waals surface area contributed by atoms with E-state index in [1.54, 1.807) is 23.2 Å². The number of hydrogen-bond donors (Lipinski definition) is 0. The Labute approximate surface area is 117 Å². The summed E-state index contributed by atoms with van der Waals surface area (Å²) in [5.74, 6) is -0.371. The monoisotopic (exact) mass is 281 g/mol. The van der Waals surface area contributed by atoms with Crippen molar-refractivity contribution in [2.45, 2.75) is 39.7 Å². The van der Waals surface area contributed by atoms with E-state index in [1.807, 2.05) is 19.9 Å². The maximum absolute atomic E-state index is 12.5. The molecule has 0 radical (unpaired) electrons. The molecule has 0 bridgehead atoms. The molecule has 0 aromatic carbocycles. The molecule has 0 N–H and O–H groups in total. The molecule has 0 aliphatic heterocycles. The molecule has 1 aliphatic rings. The number of amides is 1. The highest BCUT2D eigenvalue weighted by Crippen LogP contribution is 2.30. The molecule has 1 heterocycles. The van der Waals surface area contributed by atoms with Crippen molar-refractivity contribution in [3.8, 4) is 0 Å². The molecule has 1 aromatic rings. The maximum atomic E-state index is 12.5. The van der Waals surface area contributed by atoms with Crippen molar-refractivity contribution in [1.82, 2.24) is 4.90 Å². The smallest absolute Gasteiger partial charge is 0.325 e. The predicted molar refractivity (Wildman–Crippen MR) is 74.5 cm³/mol. The van der Waals surface area contributed by atoms with Gasteiger partial charge in [0.05, 0.1) is 12.2 Å². The highest BCUT2D eigenvalue weighted by atomic mass is 32.1. The molecule has 2 rings (SSSR count). The summed E-state index contributed by atoms with van der Waals surface area (Å²) in [6.07, 6.45) is 1.96. The molecule has 0 unspecified atom stereocenters. The van der Waals surface area contributed by atoms with E-state index in [0.717, 1.165) is 28.2 Å². The van der Waals surface area contributed by atoms with Crippen molar-refractivity contribution in [3.63, 3.8) is 0 Å². The van der Waals surface area contributed by atoms with E-state index in [4.69, 9.17) is 4.74 Å². The number of nitrogens with zero attached hydrogens (tertiary/aromatic N) is 1. The van der Waals surface area contributed by atoms with Crippen molar-refractivity contribution in [1.29, 1.82) is 0 Å². The van der Waals surface area contributed by atoms with Gasteiger partial charge in [-0.15, -0.1) is 11.3 Å². The summed E-state index contributed by atoms with van der Waals surface area (Å²) in [5, 5.41) is 0. The highest BCUT2D eigenvalue weighted by molar-refractivity contribution is 7.12. The number of aryl methyl sites for hydroxylation is 2. The minimum atomic E-state index is -0.327. The van der Waals surface area contributed by atoms with E-state index in [0.29, 0.717) is 6.61 Å². The zero-order chi connectivity index (χ0) is 14.0. The number of carbonyl (C=O) groups is 2. The molecule has 5 heteroatoms. The van der Waals surface area contributed by atoms with Crippen LogP contribution in [0.25, 0.3) is 0 Å².